The highest BCUT2D eigenvalue weighted by Crippen LogP contribution is 2.63. The highest BCUT2D eigenvalue weighted by Gasteiger charge is 2.65. The molecule has 6 heteroatoms. The molecule has 1 amide bonds. The van der Waals surface area contributed by atoms with Crippen LogP contribution in [0, 0.1) is 16.7 Å². The fourth-order valence-electron chi connectivity index (χ4n) is 3.76. The molecule has 0 aliphatic heterocycles. The highest BCUT2D eigenvalue weighted by molar-refractivity contribution is 7.90. The molecule has 0 aromatic heterocycles. The third-order valence-corrected chi connectivity index (χ3v) is 7.00. The average molecular weight is 414 g/mol. The maximum Gasteiger partial charge on any atom is 0.264 e. The van der Waals surface area contributed by atoms with Crippen molar-refractivity contribution in [2.75, 3.05) is 0 Å². The predicted octanol–water partition coefficient (Wildman–Crippen LogP) is 4.31. The largest absolute Gasteiger partial charge is 0.489 e. The second-order valence-electron chi connectivity index (χ2n) is 8.45. The highest BCUT2D eigenvalue weighted by atomic mass is 32.2. The van der Waals surface area contributed by atoms with Crippen LogP contribution in [0.5, 0.6) is 5.75 Å². The first kappa shape index (κ1) is 21.1. The van der Waals surface area contributed by atoms with E-state index in [1.165, 1.54) is 12.1 Å². The van der Waals surface area contributed by atoms with Crippen LogP contribution in [0.3, 0.4) is 0 Å². The number of benzene rings is 2. The van der Waals surface area contributed by atoms with Crippen molar-refractivity contribution in [2.24, 2.45) is 16.7 Å². The number of nitrogens with one attached hydrogen (secondary N) is 1. The van der Waals surface area contributed by atoms with Gasteiger partial charge in [0.15, 0.2) is 0 Å². The number of sulfonamides is 1. The van der Waals surface area contributed by atoms with Crippen molar-refractivity contribution < 1.29 is 17.9 Å². The fraction of sp³-hybridized carbons (Fsp3) is 0.348. The Morgan fingerprint density at radius 1 is 1.17 bits per heavy atom. The SMILES string of the molecule is C=C[C@@H]1C[C@@]1(C(=O)NS(=O)(=O)c1ccc(OCc2ccccc2)cc1)C(C)(C)C. The van der Waals surface area contributed by atoms with Gasteiger partial charge >= 0.3 is 0 Å². The molecule has 2 atom stereocenters. The lowest BCUT2D eigenvalue weighted by Crippen LogP contribution is -2.43. The van der Waals surface area contributed by atoms with Crippen molar-refractivity contribution in [2.45, 2.75) is 38.7 Å². The van der Waals surface area contributed by atoms with Gasteiger partial charge in [-0.2, -0.15) is 0 Å². The Bertz CT molecular complexity index is 991. The van der Waals surface area contributed by atoms with E-state index in [0.717, 1.165) is 5.56 Å². The van der Waals surface area contributed by atoms with Crippen LogP contribution in [0.25, 0.3) is 0 Å². The van der Waals surface area contributed by atoms with E-state index in [9.17, 15) is 13.2 Å². The van der Waals surface area contributed by atoms with Crippen molar-refractivity contribution in [3.05, 3.63) is 72.8 Å². The van der Waals surface area contributed by atoms with Gasteiger partial charge in [0, 0.05) is 0 Å². The lowest BCUT2D eigenvalue weighted by atomic mass is 9.75. The van der Waals surface area contributed by atoms with E-state index in [2.05, 4.69) is 11.3 Å². The number of amides is 1. The minimum absolute atomic E-state index is 0.0218. The molecule has 0 saturated heterocycles. The zero-order valence-electron chi connectivity index (χ0n) is 17.0. The number of carbonyl (C=O) groups excluding carboxylic acids is 1. The molecule has 0 unspecified atom stereocenters. The van der Waals surface area contributed by atoms with Crippen molar-refractivity contribution >= 4 is 15.9 Å². The summed E-state index contributed by atoms with van der Waals surface area (Å²) in [5, 5.41) is 0. The first-order chi connectivity index (χ1) is 13.6. The molecule has 5 nitrogen and oxygen atoms in total. The summed E-state index contributed by atoms with van der Waals surface area (Å²) in [5.74, 6) is 0.0602. The van der Waals surface area contributed by atoms with E-state index in [4.69, 9.17) is 4.74 Å². The van der Waals surface area contributed by atoms with Crippen LogP contribution in [0.15, 0.2) is 72.1 Å². The Morgan fingerprint density at radius 2 is 1.79 bits per heavy atom. The quantitative estimate of drug-likeness (QED) is 0.687. The van der Waals surface area contributed by atoms with Gasteiger partial charge in [-0.1, -0.05) is 57.2 Å². The molecule has 1 N–H and O–H groups in total. The summed E-state index contributed by atoms with van der Waals surface area (Å²) in [7, 11) is -3.97. The van der Waals surface area contributed by atoms with Crippen LogP contribution in [-0.2, 0) is 21.4 Å². The summed E-state index contributed by atoms with van der Waals surface area (Å²) in [6, 6.07) is 15.8. The van der Waals surface area contributed by atoms with Crippen LogP contribution < -0.4 is 9.46 Å². The Morgan fingerprint density at radius 3 is 2.31 bits per heavy atom. The van der Waals surface area contributed by atoms with Gasteiger partial charge in [0.25, 0.3) is 10.0 Å². The fourth-order valence-corrected chi connectivity index (χ4v) is 4.80. The van der Waals surface area contributed by atoms with Crippen LogP contribution in [0.1, 0.15) is 32.8 Å². The molecule has 1 aliphatic rings. The molecule has 154 valence electrons. The molecular formula is C23H27NO4S. The number of hydrogen-bond donors (Lipinski definition) is 1. The van der Waals surface area contributed by atoms with Crippen molar-refractivity contribution in [3.63, 3.8) is 0 Å². The smallest absolute Gasteiger partial charge is 0.264 e. The zero-order chi connectivity index (χ0) is 21.3. The summed E-state index contributed by atoms with van der Waals surface area (Å²) in [6.07, 6.45) is 2.34. The van der Waals surface area contributed by atoms with Crippen LogP contribution >= 0.6 is 0 Å². The average Bonchev–Trinajstić information content (AvgIpc) is 3.44. The van der Waals surface area contributed by atoms with Crippen LogP contribution in [-0.4, -0.2) is 14.3 Å². The minimum atomic E-state index is -3.97. The van der Waals surface area contributed by atoms with E-state index in [1.807, 2.05) is 51.1 Å². The molecule has 0 radical (unpaired) electrons. The van der Waals surface area contributed by atoms with Gasteiger partial charge in [0.1, 0.15) is 12.4 Å². The number of ether oxygens (including phenoxy) is 1. The lowest BCUT2D eigenvalue weighted by molar-refractivity contribution is -0.128. The number of carbonyl (C=O) groups is 1. The van der Waals surface area contributed by atoms with Crippen molar-refractivity contribution in [1.29, 1.82) is 0 Å². The van der Waals surface area contributed by atoms with Gasteiger partial charge in [0.2, 0.25) is 5.91 Å². The molecule has 2 aromatic carbocycles. The van der Waals surface area contributed by atoms with Gasteiger partial charge in [0.05, 0.1) is 10.3 Å². The third kappa shape index (κ3) is 4.22. The van der Waals surface area contributed by atoms with E-state index < -0.39 is 21.3 Å². The Kier molecular flexibility index (Phi) is 5.59. The van der Waals surface area contributed by atoms with E-state index >= 15 is 0 Å². The molecular weight excluding hydrogens is 386 g/mol. The van der Waals surface area contributed by atoms with E-state index in [-0.39, 0.29) is 16.2 Å². The Balaban J connectivity index is 1.69. The van der Waals surface area contributed by atoms with Gasteiger partial charge < -0.3 is 4.74 Å². The summed E-state index contributed by atoms with van der Waals surface area (Å²) in [5.41, 5.74) is -0.105. The maximum atomic E-state index is 12.9. The van der Waals surface area contributed by atoms with E-state index in [1.54, 1.807) is 18.2 Å². The molecule has 0 bridgehead atoms. The van der Waals surface area contributed by atoms with Crippen LogP contribution in [0.4, 0.5) is 0 Å². The molecule has 1 saturated carbocycles. The third-order valence-electron chi connectivity index (χ3n) is 5.65. The molecule has 3 rings (SSSR count). The number of allylic oxidation sites excluding steroid dienone is 1. The zero-order valence-corrected chi connectivity index (χ0v) is 17.8. The molecule has 0 spiro atoms. The molecule has 0 heterocycles. The molecule has 1 fully saturated rings. The second kappa shape index (κ2) is 7.67. The lowest BCUT2D eigenvalue weighted by Gasteiger charge is -2.30. The Labute approximate surface area is 172 Å². The minimum Gasteiger partial charge on any atom is -0.489 e. The molecule has 1 aliphatic carbocycles. The summed E-state index contributed by atoms with van der Waals surface area (Å²) in [6.45, 7) is 10.0. The van der Waals surface area contributed by atoms with Gasteiger partial charge in [-0.3, -0.25) is 4.79 Å². The van der Waals surface area contributed by atoms with E-state index in [0.29, 0.717) is 18.8 Å². The van der Waals surface area contributed by atoms with Gasteiger partial charge in [-0.05, 0) is 47.6 Å². The Hall–Kier alpha value is -2.60. The predicted molar refractivity (Wildman–Crippen MR) is 113 cm³/mol. The summed E-state index contributed by atoms with van der Waals surface area (Å²) >= 11 is 0. The normalized spacial score (nSPS) is 21.3. The number of hydrogen-bond acceptors (Lipinski definition) is 4. The van der Waals surface area contributed by atoms with Gasteiger partial charge in [-0.15, -0.1) is 6.58 Å². The topological polar surface area (TPSA) is 72.5 Å². The summed E-state index contributed by atoms with van der Waals surface area (Å²) in [4.78, 5) is 12.9. The number of rotatable bonds is 7. The van der Waals surface area contributed by atoms with Crippen LogP contribution in [0.2, 0.25) is 0 Å². The second-order valence-corrected chi connectivity index (χ2v) is 10.1. The maximum absolute atomic E-state index is 12.9. The van der Waals surface area contributed by atoms with Gasteiger partial charge in [-0.25, -0.2) is 13.1 Å². The monoisotopic (exact) mass is 413 g/mol. The van der Waals surface area contributed by atoms with Crippen molar-refractivity contribution in [3.8, 4) is 5.75 Å². The molecule has 29 heavy (non-hydrogen) atoms. The van der Waals surface area contributed by atoms with Crippen molar-refractivity contribution in [1.82, 2.24) is 4.72 Å². The molecule has 2 aromatic rings. The summed E-state index contributed by atoms with van der Waals surface area (Å²) < 4.78 is 33.4. The first-order valence-electron chi connectivity index (χ1n) is 9.57. The first-order valence-corrected chi connectivity index (χ1v) is 11.0. The standard InChI is InChI=1S/C23H27NO4S/c1-5-18-15-23(18,22(2,3)4)21(25)24-29(26,27)20-13-11-19(12-14-20)28-16-17-9-7-6-8-10-17/h5-14,18H,1,15-16H2,2-4H3,(H,24,25)/t18-,23-/m1/s1.